The molecule has 0 saturated carbocycles. The summed E-state index contributed by atoms with van der Waals surface area (Å²) in [6, 6.07) is 8.12. The summed E-state index contributed by atoms with van der Waals surface area (Å²) in [6.45, 7) is 1.80. The van der Waals surface area contributed by atoms with Gasteiger partial charge in [-0.25, -0.2) is 9.78 Å². The van der Waals surface area contributed by atoms with Crippen molar-refractivity contribution < 1.29 is 14.7 Å². The van der Waals surface area contributed by atoms with Gasteiger partial charge in [-0.05, 0) is 36.8 Å². The van der Waals surface area contributed by atoms with E-state index < -0.39 is 11.9 Å². The third-order valence-electron chi connectivity index (χ3n) is 2.78. The zero-order valence-electron chi connectivity index (χ0n) is 10.6. The summed E-state index contributed by atoms with van der Waals surface area (Å²) in [5.74, 6) is -1.51. The van der Waals surface area contributed by atoms with Crippen molar-refractivity contribution in [2.75, 3.05) is 5.32 Å². The van der Waals surface area contributed by atoms with Crippen LogP contribution in [-0.4, -0.2) is 22.0 Å². The normalized spacial score (nSPS) is 10.1. The number of aromatic nitrogens is 1. The molecule has 0 radical (unpaired) electrons. The quantitative estimate of drug-likeness (QED) is 0.903. The van der Waals surface area contributed by atoms with Gasteiger partial charge in [0.2, 0.25) is 0 Å². The molecule has 2 N–H and O–H groups in total. The summed E-state index contributed by atoms with van der Waals surface area (Å²) < 4.78 is 0.810. The smallest absolute Gasteiger partial charge is 0.339 e. The van der Waals surface area contributed by atoms with Crippen molar-refractivity contribution in [1.29, 1.82) is 0 Å². The van der Waals surface area contributed by atoms with E-state index in [9.17, 15) is 9.59 Å². The lowest BCUT2D eigenvalue weighted by molar-refractivity contribution is 0.0697. The van der Waals surface area contributed by atoms with Crippen molar-refractivity contribution in [3.63, 3.8) is 0 Å². The van der Waals surface area contributed by atoms with Crippen molar-refractivity contribution in [1.82, 2.24) is 4.98 Å². The van der Waals surface area contributed by atoms with Crippen LogP contribution < -0.4 is 5.32 Å². The Morgan fingerprint density at radius 2 is 1.90 bits per heavy atom. The van der Waals surface area contributed by atoms with E-state index in [0.29, 0.717) is 5.56 Å². The van der Waals surface area contributed by atoms with E-state index in [-0.39, 0.29) is 11.4 Å². The molecule has 5 nitrogen and oxygen atoms in total. The first-order valence-electron chi connectivity index (χ1n) is 5.75. The van der Waals surface area contributed by atoms with Crippen molar-refractivity contribution in [3.05, 3.63) is 57.7 Å². The summed E-state index contributed by atoms with van der Waals surface area (Å²) >= 11 is 3.35. The minimum Gasteiger partial charge on any atom is -0.478 e. The number of carbonyl (C=O) groups is 2. The third kappa shape index (κ3) is 2.85. The van der Waals surface area contributed by atoms with Crippen LogP contribution in [0.15, 0.2) is 41.0 Å². The minimum absolute atomic E-state index is 0.0318. The number of nitrogens with zero attached hydrogens (tertiary/aromatic N) is 1. The first-order valence-corrected chi connectivity index (χ1v) is 6.55. The number of aromatic carboxylic acids is 1. The highest BCUT2D eigenvalue weighted by Gasteiger charge is 2.16. The molecule has 1 heterocycles. The molecule has 6 heteroatoms. The monoisotopic (exact) mass is 334 g/mol. The van der Waals surface area contributed by atoms with Crippen molar-refractivity contribution in [3.8, 4) is 0 Å². The van der Waals surface area contributed by atoms with E-state index in [0.717, 1.165) is 10.0 Å². The molecule has 1 amide bonds. The Morgan fingerprint density at radius 3 is 2.60 bits per heavy atom. The number of anilines is 1. The van der Waals surface area contributed by atoms with Crippen molar-refractivity contribution in [2.24, 2.45) is 0 Å². The van der Waals surface area contributed by atoms with Crippen LogP contribution in [0.4, 0.5) is 5.82 Å². The number of pyridine rings is 1. The van der Waals surface area contributed by atoms with Crippen LogP contribution >= 0.6 is 15.9 Å². The lowest BCUT2D eigenvalue weighted by Gasteiger charge is -2.09. The summed E-state index contributed by atoms with van der Waals surface area (Å²) in [5, 5.41) is 11.6. The molecule has 0 spiro atoms. The molecular weight excluding hydrogens is 324 g/mol. The second-order valence-corrected chi connectivity index (χ2v) is 4.93. The average Bonchev–Trinajstić information content (AvgIpc) is 2.42. The molecule has 0 fully saturated rings. The molecular formula is C14H11BrN2O3. The highest BCUT2D eigenvalue weighted by Crippen LogP contribution is 2.21. The molecule has 20 heavy (non-hydrogen) atoms. The van der Waals surface area contributed by atoms with Crippen molar-refractivity contribution >= 4 is 33.6 Å². The fourth-order valence-corrected chi connectivity index (χ4v) is 2.07. The molecule has 1 aromatic carbocycles. The van der Waals surface area contributed by atoms with Gasteiger partial charge in [0.15, 0.2) is 0 Å². The molecule has 0 aliphatic carbocycles. The number of hydrogen-bond acceptors (Lipinski definition) is 3. The molecule has 0 bridgehead atoms. The number of halogens is 1. The molecule has 0 aliphatic heterocycles. The fraction of sp³-hybridized carbons (Fsp3) is 0.0714. The molecule has 0 atom stereocenters. The Labute approximate surface area is 123 Å². The highest BCUT2D eigenvalue weighted by molar-refractivity contribution is 9.10. The van der Waals surface area contributed by atoms with Gasteiger partial charge >= 0.3 is 5.97 Å². The van der Waals surface area contributed by atoms with Crippen LogP contribution in [0.3, 0.4) is 0 Å². The van der Waals surface area contributed by atoms with Gasteiger partial charge in [-0.3, -0.25) is 4.79 Å². The maximum atomic E-state index is 12.2. The summed E-state index contributed by atoms with van der Waals surface area (Å²) in [7, 11) is 0. The number of amides is 1. The number of nitrogens with one attached hydrogen (secondary N) is 1. The predicted molar refractivity (Wildman–Crippen MR) is 78.0 cm³/mol. The average molecular weight is 335 g/mol. The van der Waals surface area contributed by atoms with Crippen LogP contribution in [0.2, 0.25) is 0 Å². The Bertz CT molecular complexity index is 686. The maximum Gasteiger partial charge on any atom is 0.339 e. The van der Waals surface area contributed by atoms with Gasteiger partial charge in [-0.15, -0.1) is 0 Å². The van der Waals surface area contributed by atoms with E-state index in [1.54, 1.807) is 19.1 Å². The van der Waals surface area contributed by atoms with Crippen LogP contribution in [-0.2, 0) is 0 Å². The van der Waals surface area contributed by atoms with Crippen molar-refractivity contribution in [2.45, 2.75) is 6.92 Å². The lowest BCUT2D eigenvalue weighted by Crippen LogP contribution is -2.17. The molecule has 102 valence electrons. The highest BCUT2D eigenvalue weighted by atomic mass is 79.9. The minimum atomic E-state index is -1.14. The molecule has 0 aliphatic rings. The number of carbonyl (C=O) groups excluding carboxylic acids is 1. The topological polar surface area (TPSA) is 79.3 Å². The maximum absolute atomic E-state index is 12.2. The van der Waals surface area contributed by atoms with Gasteiger partial charge in [0, 0.05) is 16.2 Å². The van der Waals surface area contributed by atoms with Gasteiger partial charge in [0.1, 0.15) is 11.4 Å². The molecule has 0 unspecified atom stereocenters. The number of benzene rings is 1. The van der Waals surface area contributed by atoms with Gasteiger partial charge in [0.25, 0.3) is 5.91 Å². The molecule has 2 aromatic rings. The summed E-state index contributed by atoms with van der Waals surface area (Å²) in [5.41, 5.74) is 1.19. The number of hydrogen-bond donors (Lipinski definition) is 2. The first kappa shape index (κ1) is 14.2. The van der Waals surface area contributed by atoms with E-state index in [1.807, 2.05) is 6.07 Å². The largest absolute Gasteiger partial charge is 0.478 e. The molecule has 2 rings (SSSR count). The predicted octanol–water partition coefficient (Wildman–Crippen LogP) is 3.10. The zero-order chi connectivity index (χ0) is 14.7. The Balaban J connectivity index is 2.33. The van der Waals surface area contributed by atoms with E-state index >= 15 is 0 Å². The zero-order valence-corrected chi connectivity index (χ0v) is 12.1. The van der Waals surface area contributed by atoms with E-state index in [4.69, 9.17) is 5.11 Å². The van der Waals surface area contributed by atoms with Crippen LogP contribution in [0.5, 0.6) is 0 Å². The van der Waals surface area contributed by atoms with E-state index in [1.165, 1.54) is 18.3 Å². The lowest BCUT2D eigenvalue weighted by atomic mass is 10.1. The number of carboxylic acid groups (broad SMARTS) is 1. The Morgan fingerprint density at radius 1 is 1.20 bits per heavy atom. The van der Waals surface area contributed by atoms with Gasteiger partial charge < -0.3 is 10.4 Å². The number of carboxylic acids is 1. The first-order chi connectivity index (χ1) is 9.50. The summed E-state index contributed by atoms with van der Waals surface area (Å²) in [6.07, 6.45) is 1.43. The van der Waals surface area contributed by atoms with Crippen LogP contribution in [0.1, 0.15) is 26.3 Å². The number of rotatable bonds is 3. The van der Waals surface area contributed by atoms with Crippen LogP contribution in [0, 0.1) is 6.92 Å². The molecule has 0 saturated heterocycles. The third-order valence-corrected chi connectivity index (χ3v) is 3.64. The van der Waals surface area contributed by atoms with Gasteiger partial charge in [-0.2, -0.15) is 0 Å². The SMILES string of the molecule is Cc1c(Br)cccc1C(=O)Nc1ncccc1C(=O)O. The second-order valence-electron chi connectivity index (χ2n) is 4.07. The van der Waals surface area contributed by atoms with Gasteiger partial charge in [-0.1, -0.05) is 22.0 Å². The Kier molecular flexibility index (Phi) is 4.14. The van der Waals surface area contributed by atoms with Crippen LogP contribution in [0.25, 0.3) is 0 Å². The second kappa shape index (κ2) is 5.83. The Hall–Kier alpha value is -2.21. The standard InChI is InChI=1S/C14H11BrN2O3/c1-8-9(4-2-6-11(8)15)13(18)17-12-10(14(19)20)5-3-7-16-12/h2-7H,1H3,(H,19,20)(H,16,17,18). The van der Waals surface area contributed by atoms with Gasteiger partial charge in [0.05, 0.1) is 0 Å². The fourth-order valence-electron chi connectivity index (χ4n) is 1.71. The molecule has 1 aromatic heterocycles. The van der Waals surface area contributed by atoms with E-state index in [2.05, 4.69) is 26.2 Å². The summed E-state index contributed by atoms with van der Waals surface area (Å²) in [4.78, 5) is 27.2.